The number of fused-ring (bicyclic) bond motifs is 1. The normalized spacial score (nSPS) is 18.1. The van der Waals surface area contributed by atoms with Gasteiger partial charge in [0.05, 0.1) is 6.61 Å². The van der Waals surface area contributed by atoms with Crippen LogP contribution in [0.25, 0.3) is 0 Å². The molecule has 30 heavy (non-hydrogen) atoms. The van der Waals surface area contributed by atoms with Crippen molar-refractivity contribution >= 4 is 22.3 Å². The van der Waals surface area contributed by atoms with Crippen LogP contribution in [0.2, 0.25) is 0 Å². The molecule has 0 spiro atoms. The van der Waals surface area contributed by atoms with Gasteiger partial charge in [0.25, 0.3) is 0 Å². The van der Waals surface area contributed by atoms with Crippen LogP contribution >= 0.6 is 11.3 Å². The number of hydrogen-bond donors (Lipinski definition) is 0. The van der Waals surface area contributed by atoms with E-state index >= 15 is 0 Å². The molecule has 2 aliphatic rings. The highest BCUT2D eigenvalue weighted by atomic mass is 32.1. The zero-order valence-corrected chi connectivity index (χ0v) is 19.7. The molecule has 0 aliphatic carbocycles. The highest BCUT2D eigenvalue weighted by molar-refractivity contribution is 7.17. The number of hydrogen-bond acceptors (Lipinski definition) is 7. The predicted molar refractivity (Wildman–Crippen MR) is 123 cm³/mol. The summed E-state index contributed by atoms with van der Waals surface area (Å²) in [6.45, 7) is 14.8. The van der Waals surface area contributed by atoms with Crippen LogP contribution in [0.4, 0.5) is 5.13 Å². The molecule has 2 aliphatic heterocycles. The van der Waals surface area contributed by atoms with Gasteiger partial charge in [-0.3, -0.25) is 9.69 Å². The molecule has 0 saturated carbocycles. The monoisotopic (exact) mass is 430 g/mol. The van der Waals surface area contributed by atoms with Gasteiger partial charge in [0, 0.05) is 44.6 Å². The fraction of sp³-hybridized carbons (Fsp3) is 0.609. The maximum absolute atomic E-state index is 12.3. The molecule has 1 fully saturated rings. The van der Waals surface area contributed by atoms with E-state index in [2.05, 4.69) is 45.1 Å². The van der Waals surface area contributed by atoms with Crippen LogP contribution in [0, 0.1) is 5.92 Å². The third-order valence-corrected chi connectivity index (χ3v) is 7.02. The number of nitrogens with zero attached hydrogens (tertiary/aromatic N) is 4. The van der Waals surface area contributed by atoms with Crippen molar-refractivity contribution in [2.75, 3.05) is 37.7 Å². The highest BCUT2D eigenvalue weighted by Gasteiger charge is 2.26. The molecule has 2 unspecified atom stereocenters. The van der Waals surface area contributed by atoms with E-state index in [1.54, 1.807) is 0 Å². The van der Waals surface area contributed by atoms with E-state index in [0.717, 1.165) is 56.5 Å². The minimum atomic E-state index is 0.00907. The molecule has 0 bridgehead atoms. The third-order valence-electron chi connectivity index (χ3n) is 6.02. The molecular formula is C23H34N4O2S. The molecule has 1 aromatic carbocycles. The Morgan fingerprint density at radius 3 is 2.60 bits per heavy atom. The molecule has 4 rings (SSSR count). The number of ether oxygens (including phenoxy) is 1. The molecule has 7 heteroatoms. The molecule has 164 valence electrons. The van der Waals surface area contributed by atoms with Gasteiger partial charge in [0.1, 0.15) is 5.75 Å². The van der Waals surface area contributed by atoms with E-state index in [0.29, 0.717) is 11.0 Å². The fourth-order valence-electron chi connectivity index (χ4n) is 3.79. The number of rotatable bonds is 6. The summed E-state index contributed by atoms with van der Waals surface area (Å²) < 4.78 is 5.73. The summed E-state index contributed by atoms with van der Waals surface area (Å²) in [7, 11) is 0. The average Bonchev–Trinajstić information content (AvgIpc) is 3.48. The summed E-state index contributed by atoms with van der Waals surface area (Å²) in [5, 5.41) is 9.83. The number of carbonyl (C=O) groups is 1. The lowest BCUT2D eigenvalue weighted by Gasteiger charge is -2.38. The zero-order valence-electron chi connectivity index (χ0n) is 18.9. The molecule has 2 atom stereocenters. The van der Waals surface area contributed by atoms with Gasteiger partial charge in [-0.25, -0.2) is 0 Å². The van der Waals surface area contributed by atoms with Crippen LogP contribution in [0.1, 0.15) is 68.0 Å². The molecule has 3 heterocycles. The summed E-state index contributed by atoms with van der Waals surface area (Å²) in [4.78, 5) is 17.1. The molecule has 6 nitrogen and oxygen atoms in total. The van der Waals surface area contributed by atoms with Crippen LogP contribution < -0.4 is 9.64 Å². The minimum Gasteiger partial charge on any atom is -0.493 e. The summed E-state index contributed by atoms with van der Waals surface area (Å²) >= 11 is 1.43. The third kappa shape index (κ3) is 4.83. The minimum absolute atomic E-state index is 0.00907. The van der Waals surface area contributed by atoms with E-state index in [-0.39, 0.29) is 11.7 Å². The number of benzene rings is 1. The molecule has 0 N–H and O–H groups in total. The standard InChI is InChI=1S/C21H28N4O2S.C2H6/c1-4-14(2)19(26)20-22-23-21(28-20)25-10-8-24(9-11-25)15(3)17-6-5-16-7-12-27-18(16)13-17;1-2/h5-6,13-15H,4,7-12H2,1-3H3;1-2H3. The number of anilines is 1. The van der Waals surface area contributed by atoms with Crippen LogP contribution in [0.5, 0.6) is 5.75 Å². The molecule has 1 aromatic heterocycles. The Morgan fingerprint density at radius 1 is 1.17 bits per heavy atom. The van der Waals surface area contributed by atoms with Crippen molar-refractivity contribution in [2.45, 2.75) is 53.5 Å². The molecule has 0 amide bonds. The van der Waals surface area contributed by atoms with E-state index in [9.17, 15) is 4.79 Å². The predicted octanol–water partition coefficient (Wildman–Crippen LogP) is 4.61. The first-order valence-corrected chi connectivity index (χ1v) is 12.0. The Hall–Kier alpha value is -1.99. The maximum atomic E-state index is 12.3. The largest absolute Gasteiger partial charge is 0.493 e. The van der Waals surface area contributed by atoms with E-state index < -0.39 is 0 Å². The maximum Gasteiger partial charge on any atom is 0.208 e. The molecule has 1 saturated heterocycles. The quantitative estimate of drug-likeness (QED) is 0.624. The van der Waals surface area contributed by atoms with E-state index in [1.807, 2.05) is 27.7 Å². The smallest absolute Gasteiger partial charge is 0.208 e. The van der Waals surface area contributed by atoms with Gasteiger partial charge in [-0.05, 0) is 30.5 Å². The first-order chi connectivity index (χ1) is 14.6. The van der Waals surface area contributed by atoms with Gasteiger partial charge in [-0.1, -0.05) is 51.2 Å². The Kier molecular flexibility index (Phi) is 7.83. The van der Waals surface area contributed by atoms with E-state index in [4.69, 9.17) is 4.74 Å². The second kappa shape index (κ2) is 10.4. The van der Waals surface area contributed by atoms with Crippen LogP contribution in [-0.2, 0) is 6.42 Å². The Labute approximate surface area is 184 Å². The highest BCUT2D eigenvalue weighted by Crippen LogP contribution is 2.31. The topological polar surface area (TPSA) is 58.6 Å². The lowest BCUT2D eigenvalue weighted by atomic mass is 10.0. The second-order valence-electron chi connectivity index (χ2n) is 7.73. The number of carbonyl (C=O) groups excluding carboxylic acids is 1. The number of piperazine rings is 1. The van der Waals surface area contributed by atoms with Gasteiger partial charge < -0.3 is 9.64 Å². The van der Waals surface area contributed by atoms with Crippen LogP contribution in [0.3, 0.4) is 0 Å². The van der Waals surface area contributed by atoms with Gasteiger partial charge >= 0.3 is 0 Å². The van der Waals surface area contributed by atoms with Crippen molar-refractivity contribution in [2.24, 2.45) is 5.92 Å². The van der Waals surface area contributed by atoms with Crippen LogP contribution in [-0.4, -0.2) is 53.7 Å². The van der Waals surface area contributed by atoms with E-state index in [1.165, 1.54) is 22.5 Å². The van der Waals surface area contributed by atoms with Crippen LogP contribution in [0.15, 0.2) is 18.2 Å². The van der Waals surface area contributed by atoms with Crippen molar-refractivity contribution in [3.8, 4) is 5.75 Å². The van der Waals surface area contributed by atoms with Crippen molar-refractivity contribution in [1.82, 2.24) is 15.1 Å². The van der Waals surface area contributed by atoms with Crippen molar-refractivity contribution in [3.63, 3.8) is 0 Å². The van der Waals surface area contributed by atoms with Crippen molar-refractivity contribution in [3.05, 3.63) is 34.3 Å². The van der Waals surface area contributed by atoms with Crippen molar-refractivity contribution < 1.29 is 9.53 Å². The number of ketones is 1. The van der Waals surface area contributed by atoms with Gasteiger partial charge in [0.15, 0.2) is 10.8 Å². The Balaban J connectivity index is 0.00000124. The molecular weight excluding hydrogens is 396 g/mol. The molecule has 2 aromatic rings. The fourth-order valence-corrected chi connectivity index (χ4v) is 4.74. The summed E-state index contributed by atoms with van der Waals surface area (Å²) in [6, 6.07) is 7.01. The number of Topliss-reactive ketones (excluding diaryl/α,β-unsaturated/α-hetero) is 1. The number of aromatic nitrogens is 2. The lowest BCUT2D eigenvalue weighted by molar-refractivity contribution is 0.0926. The first kappa shape index (κ1) is 22.7. The van der Waals surface area contributed by atoms with Gasteiger partial charge in [0.2, 0.25) is 5.13 Å². The SMILES string of the molecule is CC.CCC(C)C(=O)c1nnc(N2CCN(C(C)c3ccc4c(c3)OCC4)CC2)s1. The van der Waals surface area contributed by atoms with Crippen molar-refractivity contribution in [1.29, 1.82) is 0 Å². The lowest BCUT2D eigenvalue weighted by Crippen LogP contribution is -2.47. The molecule has 0 radical (unpaired) electrons. The van der Waals surface area contributed by atoms with Gasteiger partial charge in [-0.2, -0.15) is 0 Å². The summed E-state index contributed by atoms with van der Waals surface area (Å²) in [5.74, 6) is 1.17. The Morgan fingerprint density at radius 2 is 1.90 bits per heavy atom. The zero-order chi connectivity index (χ0) is 21.7. The average molecular weight is 431 g/mol. The second-order valence-corrected chi connectivity index (χ2v) is 8.68. The van der Waals surface area contributed by atoms with Gasteiger partial charge in [-0.15, -0.1) is 10.2 Å². The summed E-state index contributed by atoms with van der Waals surface area (Å²) in [5.41, 5.74) is 2.63. The Bertz CT molecular complexity index is 845. The summed E-state index contributed by atoms with van der Waals surface area (Å²) in [6.07, 6.45) is 1.85. The first-order valence-electron chi connectivity index (χ1n) is 11.2.